The first kappa shape index (κ1) is 23.3. The first-order valence-electron chi connectivity index (χ1n) is 9.41. The second-order valence-corrected chi connectivity index (χ2v) is 9.42. The third kappa shape index (κ3) is 7.12. The van der Waals surface area contributed by atoms with E-state index in [1.165, 1.54) is 23.5 Å². The van der Waals surface area contributed by atoms with Gasteiger partial charge in [0.1, 0.15) is 0 Å². The predicted molar refractivity (Wildman–Crippen MR) is 115 cm³/mol. The van der Waals surface area contributed by atoms with Gasteiger partial charge in [0.2, 0.25) is 10.0 Å². The SMILES string of the molecule is CC(C)OCCCNC(=O)c1ccc(CN(C)S(=O)(=O)c2ccc(Cl)cc2)cc1. The molecule has 2 rings (SSSR count). The van der Waals surface area contributed by atoms with Gasteiger partial charge in [-0.25, -0.2) is 8.42 Å². The molecule has 0 heterocycles. The van der Waals surface area contributed by atoms with Gasteiger partial charge in [-0.15, -0.1) is 0 Å². The molecule has 2 aromatic rings. The van der Waals surface area contributed by atoms with Crippen LogP contribution in [-0.4, -0.2) is 44.9 Å². The number of carbonyl (C=O) groups excluding carboxylic acids is 1. The Balaban J connectivity index is 1.91. The molecule has 0 aliphatic rings. The maximum Gasteiger partial charge on any atom is 0.251 e. The lowest BCUT2D eigenvalue weighted by Crippen LogP contribution is -2.27. The van der Waals surface area contributed by atoms with Crippen LogP contribution in [0, 0.1) is 0 Å². The van der Waals surface area contributed by atoms with E-state index in [0.29, 0.717) is 23.7 Å². The number of halogens is 1. The van der Waals surface area contributed by atoms with Gasteiger partial charge in [-0.1, -0.05) is 23.7 Å². The molecule has 0 radical (unpaired) electrons. The van der Waals surface area contributed by atoms with Crippen LogP contribution in [0.2, 0.25) is 5.02 Å². The first-order chi connectivity index (χ1) is 13.7. The molecule has 0 bridgehead atoms. The number of hydrogen-bond acceptors (Lipinski definition) is 4. The zero-order valence-corrected chi connectivity index (χ0v) is 18.5. The molecular formula is C21H27ClN2O4S. The summed E-state index contributed by atoms with van der Waals surface area (Å²) in [7, 11) is -2.10. The van der Waals surface area contributed by atoms with Crippen molar-refractivity contribution in [3.63, 3.8) is 0 Å². The highest BCUT2D eigenvalue weighted by Gasteiger charge is 2.20. The molecule has 6 nitrogen and oxygen atoms in total. The van der Waals surface area contributed by atoms with E-state index in [9.17, 15) is 13.2 Å². The van der Waals surface area contributed by atoms with Gasteiger partial charge in [-0.3, -0.25) is 4.79 Å². The second-order valence-electron chi connectivity index (χ2n) is 6.94. The van der Waals surface area contributed by atoms with Crippen molar-refractivity contribution in [2.24, 2.45) is 0 Å². The van der Waals surface area contributed by atoms with Gasteiger partial charge in [-0.2, -0.15) is 4.31 Å². The van der Waals surface area contributed by atoms with Crippen molar-refractivity contribution >= 4 is 27.5 Å². The molecule has 0 atom stereocenters. The summed E-state index contributed by atoms with van der Waals surface area (Å²) >= 11 is 5.82. The molecule has 2 aromatic carbocycles. The van der Waals surface area contributed by atoms with Crippen LogP contribution in [0.25, 0.3) is 0 Å². The fraction of sp³-hybridized carbons (Fsp3) is 0.381. The van der Waals surface area contributed by atoms with E-state index in [4.69, 9.17) is 16.3 Å². The van der Waals surface area contributed by atoms with Gasteiger partial charge < -0.3 is 10.1 Å². The number of carbonyl (C=O) groups is 1. The van der Waals surface area contributed by atoms with Crippen LogP contribution in [0.3, 0.4) is 0 Å². The third-order valence-electron chi connectivity index (χ3n) is 4.20. The smallest absolute Gasteiger partial charge is 0.251 e. The molecule has 0 unspecified atom stereocenters. The maximum atomic E-state index is 12.6. The minimum Gasteiger partial charge on any atom is -0.379 e. The Labute approximate surface area is 177 Å². The van der Waals surface area contributed by atoms with Crippen LogP contribution in [0.1, 0.15) is 36.2 Å². The Morgan fingerprint density at radius 3 is 2.31 bits per heavy atom. The molecule has 0 fully saturated rings. The summed E-state index contributed by atoms with van der Waals surface area (Å²) in [5.41, 5.74) is 1.31. The number of rotatable bonds is 10. The van der Waals surface area contributed by atoms with Crippen LogP contribution < -0.4 is 5.32 Å². The van der Waals surface area contributed by atoms with Crippen molar-refractivity contribution in [3.8, 4) is 0 Å². The van der Waals surface area contributed by atoms with Crippen molar-refractivity contribution in [1.82, 2.24) is 9.62 Å². The van der Waals surface area contributed by atoms with Gasteiger partial charge in [0.25, 0.3) is 5.91 Å². The van der Waals surface area contributed by atoms with Crippen molar-refractivity contribution in [2.45, 2.75) is 37.8 Å². The number of ether oxygens (including phenoxy) is 1. The van der Waals surface area contributed by atoms with Crippen LogP contribution in [0.4, 0.5) is 0 Å². The predicted octanol–water partition coefficient (Wildman–Crippen LogP) is 3.71. The number of hydrogen-bond donors (Lipinski definition) is 1. The zero-order valence-electron chi connectivity index (χ0n) is 16.9. The highest BCUT2D eigenvalue weighted by Crippen LogP contribution is 2.19. The molecule has 0 aromatic heterocycles. The first-order valence-corrected chi connectivity index (χ1v) is 11.2. The van der Waals surface area contributed by atoms with Gasteiger partial charge >= 0.3 is 0 Å². The molecule has 0 aliphatic heterocycles. The lowest BCUT2D eigenvalue weighted by Gasteiger charge is -2.17. The average Bonchev–Trinajstić information content (AvgIpc) is 2.68. The summed E-state index contributed by atoms with van der Waals surface area (Å²) in [5, 5.41) is 3.33. The van der Waals surface area contributed by atoms with E-state index in [-0.39, 0.29) is 23.5 Å². The number of nitrogens with one attached hydrogen (secondary N) is 1. The Bertz CT molecular complexity index is 897. The van der Waals surface area contributed by atoms with E-state index in [1.807, 2.05) is 13.8 Å². The number of sulfonamides is 1. The van der Waals surface area contributed by atoms with E-state index < -0.39 is 10.0 Å². The van der Waals surface area contributed by atoms with E-state index in [2.05, 4.69) is 5.32 Å². The van der Waals surface area contributed by atoms with Crippen LogP contribution in [0.5, 0.6) is 0 Å². The standard InChI is InChI=1S/C21H27ClN2O4S/c1-16(2)28-14-4-13-23-21(25)18-7-5-17(6-8-18)15-24(3)29(26,27)20-11-9-19(22)10-12-20/h5-12,16H,4,13-15H2,1-3H3,(H,23,25). The Morgan fingerprint density at radius 1 is 1.10 bits per heavy atom. The van der Waals surface area contributed by atoms with E-state index >= 15 is 0 Å². The molecule has 1 amide bonds. The zero-order chi connectivity index (χ0) is 21.4. The van der Waals surface area contributed by atoms with Crippen LogP contribution in [-0.2, 0) is 21.3 Å². The normalized spacial score (nSPS) is 11.8. The van der Waals surface area contributed by atoms with Gasteiger partial charge in [0.05, 0.1) is 11.0 Å². The summed E-state index contributed by atoms with van der Waals surface area (Å²) < 4.78 is 32.0. The highest BCUT2D eigenvalue weighted by molar-refractivity contribution is 7.89. The molecule has 0 aliphatic carbocycles. The third-order valence-corrected chi connectivity index (χ3v) is 6.27. The summed E-state index contributed by atoms with van der Waals surface area (Å²) in [6.07, 6.45) is 0.926. The maximum absolute atomic E-state index is 12.6. The Kier molecular flexibility index (Phi) is 8.64. The molecule has 8 heteroatoms. The number of nitrogens with zero attached hydrogens (tertiary/aromatic N) is 1. The average molecular weight is 439 g/mol. The topological polar surface area (TPSA) is 75.7 Å². The molecule has 0 spiro atoms. The summed E-state index contributed by atoms with van der Waals surface area (Å²) in [5.74, 6) is -0.164. The molecule has 0 saturated carbocycles. The second kappa shape index (κ2) is 10.7. The van der Waals surface area contributed by atoms with E-state index in [0.717, 1.165) is 12.0 Å². The molecular weight excluding hydrogens is 412 g/mol. The van der Waals surface area contributed by atoms with Gasteiger partial charge in [0, 0.05) is 37.3 Å². The molecule has 29 heavy (non-hydrogen) atoms. The summed E-state index contributed by atoms with van der Waals surface area (Å²) in [6.45, 7) is 5.27. The molecule has 0 saturated heterocycles. The van der Waals surface area contributed by atoms with Crippen LogP contribution in [0.15, 0.2) is 53.4 Å². The highest BCUT2D eigenvalue weighted by atomic mass is 35.5. The fourth-order valence-electron chi connectivity index (χ4n) is 2.59. The lowest BCUT2D eigenvalue weighted by molar-refractivity contribution is 0.0757. The molecule has 158 valence electrons. The summed E-state index contributed by atoms with van der Waals surface area (Å²) in [4.78, 5) is 12.4. The van der Waals surface area contributed by atoms with Crippen molar-refractivity contribution in [1.29, 1.82) is 0 Å². The van der Waals surface area contributed by atoms with Crippen LogP contribution >= 0.6 is 11.6 Å². The van der Waals surface area contributed by atoms with Crippen molar-refractivity contribution in [3.05, 3.63) is 64.7 Å². The Hall–Kier alpha value is -1.93. The monoisotopic (exact) mass is 438 g/mol. The summed E-state index contributed by atoms with van der Waals surface area (Å²) in [6, 6.07) is 12.9. The number of benzene rings is 2. The minimum atomic E-state index is -3.62. The largest absolute Gasteiger partial charge is 0.379 e. The fourth-order valence-corrected chi connectivity index (χ4v) is 3.87. The van der Waals surface area contributed by atoms with E-state index in [1.54, 1.807) is 36.4 Å². The van der Waals surface area contributed by atoms with Gasteiger partial charge in [-0.05, 0) is 62.2 Å². The number of amides is 1. The van der Waals surface area contributed by atoms with Crippen molar-refractivity contribution in [2.75, 3.05) is 20.2 Å². The Morgan fingerprint density at radius 2 is 1.72 bits per heavy atom. The lowest BCUT2D eigenvalue weighted by atomic mass is 10.1. The minimum absolute atomic E-state index is 0.164. The van der Waals surface area contributed by atoms with Crippen molar-refractivity contribution < 1.29 is 17.9 Å². The quantitative estimate of drug-likeness (QED) is 0.574. The van der Waals surface area contributed by atoms with Gasteiger partial charge in [0.15, 0.2) is 0 Å². The molecule has 1 N–H and O–H groups in total.